The number of hydrogen-bond acceptors (Lipinski definition) is 6. The molecule has 1 saturated heterocycles. The van der Waals surface area contributed by atoms with Gasteiger partial charge in [0.05, 0.1) is 18.8 Å². The maximum absolute atomic E-state index is 12.7. The summed E-state index contributed by atoms with van der Waals surface area (Å²) in [7, 11) is 0. The summed E-state index contributed by atoms with van der Waals surface area (Å²) in [6.45, 7) is 4.02. The molecule has 166 valence electrons. The van der Waals surface area contributed by atoms with Crippen LogP contribution in [0.25, 0.3) is 11.1 Å². The molecule has 0 saturated carbocycles. The number of carbonyl (C=O) groups is 1. The fourth-order valence-corrected chi connectivity index (χ4v) is 3.73. The third-order valence-corrected chi connectivity index (χ3v) is 5.47. The SMILES string of the molecule is C.O=C(NCc1ccc(N2CCOCC2)cc1)c1cncc(-c2ccc3c(c2)OCO3)c1. The molecular formula is C25H27N3O4. The minimum atomic E-state index is -0.160. The van der Waals surface area contributed by atoms with Gasteiger partial charge in [0.2, 0.25) is 6.79 Å². The van der Waals surface area contributed by atoms with Gasteiger partial charge >= 0.3 is 0 Å². The molecule has 32 heavy (non-hydrogen) atoms. The standard InChI is InChI=1S/C24H23N3O4.CH4/c28-24(26-13-17-1-4-21(5-2-17)27-7-9-29-10-8-27)20-11-19(14-25-15-20)18-3-6-22-23(12-18)31-16-30-22;/h1-6,11-12,14-15H,7-10,13,16H2,(H,26,28);1H4. The number of aromatic nitrogens is 1. The zero-order chi connectivity index (χ0) is 21.0. The number of nitrogens with one attached hydrogen (secondary N) is 1. The first-order valence-corrected chi connectivity index (χ1v) is 10.3. The zero-order valence-electron chi connectivity index (χ0n) is 17.0. The van der Waals surface area contributed by atoms with Gasteiger partial charge in [-0.3, -0.25) is 9.78 Å². The number of anilines is 1. The van der Waals surface area contributed by atoms with Gasteiger partial charge < -0.3 is 24.4 Å². The molecule has 2 aliphatic rings. The Balaban J connectivity index is 0.00000245. The van der Waals surface area contributed by atoms with Crippen molar-refractivity contribution in [3.05, 3.63) is 72.1 Å². The molecular weight excluding hydrogens is 406 g/mol. The lowest BCUT2D eigenvalue weighted by Gasteiger charge is -2.28. The van der Waals surface area contributed by atoms with Crippen LogP contribution >= 0.6 is 0 Å². The normalized spacial score (nSPS) is 14.6. The molecule has 0 spiro atoms. The molecule has 1 fully saturated rings. The van der Waals surface area contributed by atoms with Gasteiger partial charge in [0.25, 0.3) is 5.91 Å². The summed E-state index contributed by atoms with van der Waals surface area (Å²) in [5.41, 5.74) is 4.51. The first-order valence-electron chi connectivity index (χ1n) is 10.3. The van der Waals surface area contributed by atoms with E-state index in [1.807, 2.05) is 36.4 Å². The van der Waals surface area contributed by atoms with E-state index in [9.17, 15) is 4.79 Å². The fraction of sp³-hybridized carbons (Fsp3) is 0.280. The fourth-order valence-electron chi connectivity index (χ4n) is 3.73. The summed E-state index contributed by atoms with van der Waals surface area (Å²) in [5, 5.41) is 2.98. The Hall–Kier alpha value is -3.58. The summed E-state index contributed by atoms with van der Waals surface area (Å²) in [6.07, 6.45) is 3.31. The second kappa shape index (κ2) is 9.70. The summed E-state index contributed by atoms with van der Waals surface area (Å²) < 4.78 is 16.2. The van der Waals surface area contributed by atoms with Gasteiger partial charge in [0.15, 0.2) is 11.5 Å². The number of pyridine rings is 1. The number of hydrogen-bond donors (Lipinski definition) is 1. The highest BCUT2D eigenvalue weighted by atomic mass is 16.7. The molecule has 2 aromatic carbocycles. The molecule has 3 heterocycles. The topological polar surface area (TPSA) is 72.9 Å². The van der Waals surface area contributed by atoms with Crippen LogP contribution < -0.4 is 19.7 Å². The average molecular weight is 434 g/mol. The molecule has 0 aliphatic carbocycles. The Labute approximate surface area is 187 Å². The van der Waals surface area contributed by atoms with Gasteiger partial charge in [-0.05, 0) is 41.5 Å². The van der Waals surface area contributed by atoms with Crippen LogP contribution in [0.4, 0.5) is 5.69 Å². The molecule has 2 aliphatic heterocycles. The molecule has 7 nitrogen and oxygen atoms in total. The molecule has 0 atom stereocenters. The van der Waals surface area contributed by atoms with E-state index in [-0.39, 0.29) is 20.1 Å². The van der Waals surface area contributed by atoms with Crippen LogP contribution in [0.15, 0.2) is 60.9 Å². The number of fused-ring (bicyclic) bond motifs is 1. The monoisotopic (exact) mass is 433 g/mol. The smallest absolute Gasteiger partial charge is 0.253 e. The van der Waals surface area contributed by atoms with E-state index in [1.54, 1.807) is 12.4 Å². The first-order chi connectivity index (χ1) is 15.3. The van der Waals surface area contributed by atoms with E-state index in [0.717, 1.165) is 48.7 Å². The highest BCUT2D eigenvalue weighted by molar-refractivity contribution is 5.95. The second-order valence-electron chi connectivity index (χ2n) is 7.48. The number of morpholine rings is 1. The van der Waals surface area contributed by atoms with Gasteiger partial charge in [-0.2, -0.15) is 0 Å². The first kappa shape index (κ1) is 21.6. The number of rotatable bonds is 5. The molecule has 0 unspecified atom stereocenters. The van der Waals surface area contributed by atoms with Crippen LogP contribution in [0.1, 0.15) is 23.3 Å². The van der Waals surface area contributed by atoms with Crippen LogP contribution in [0.5, 0.6) is 11.5 Å². The lowest BCUT2D eigenvalue weighted by atomic mass is 10.1. The summed E-state index contributed by atoms with van der Waals surface area (Å²) in [6, 6.07) is 15.8. The second-order valence-corrected chi connectivity index (χ2v) is 7.48. The van der Waals surface area contributed by atoms with E-state index in [0.29, 0.717) is 17.9 Å². The molecule has 0 bridgehead atoms. The largest absolute Gasteiger partial charge is 0.454 e. The Morgan fingerprint density at radius 1 is 0.938 bits per heavy atom. The predicted octanol–water partition coefficient (Wildman–Crippen LogP) is 3.88. The summed E-state index contributed by atoms with van der Waals surface area (Å²) in [4.78, 5) is 19.2. The molecule has 3 aromatic rings. The van der Waals surface area contributed by atoms with E-state index in [2.05, 4.69) is 27.3 Å². The number of ether oxygens (including phenoxy) is 3. The van der Waals surface area contributed by atoms with Crippen LogP contribution in [-0.4, -0.2) is 44.0 Å². The predicted molar refractivity (Wildman–Crippen MR) is 123 cm³/mol. The van der Waals surface area contributed by atoms with Crippen LogP contribution in [0.3, 0.4) is 0 Å². The van der Waals surface area contributed by atoms with Gasteiger partial charge in [-0.1, -0.05) is 25.6 Å². The van der Waals surface area contributed by atoms with Gasteiger partial charge in [0.1, 0.15) is 0 Å². The molecule has 1 amide bonds. The highest BCUT2D eigenvalue weighted by Crippen LogP contribution is 2.35. The van der Waals surface area contributed by atoms with Crippen molar-refractivity contribution in [1.29, 1.82) is 0 Å². The minimum absolute atomic E-state index is 0. The molecule has 0 radical (unpaired) electrons. The van der Waals surface area contributed by atoms with E-state index in [1.165, 1.54) is 5.69 Å². The van der Waals surface area contributed by atoms with Crippen molar-refractivity contribution >= 4 is 11.6 Å². The van der Waals surface area contributed by atoms with E-state index in [4.69, 9.17) is 14.2 Å². The van der Waals surface area contributed by atoms with Crippen LogP contribution in [0.2, 0.25) is 0 Å². The quantitative estimate of drug-likeness (QED) is 0.658. The van der Waals surface area contributed by atoms with E-state index >= 15 is 0 Å². The Kier molecular flexibility index (Phi) is 6.56. The minimum Gasteiger partial charge on any atom is -0.454 e. The number of amides is 1. The summed E-state index contributed by atoms with van der Waals surface area (Å²) in [5.74, 6) is 1.27. The highest BCUT2D eigenvalue weighted by Gasteiger charge is 2.15. The van der Waals surface area contributed by atoms with Crippen molar-refractivity contribution in [1.82, 2.24) is 10.3 Å². The molecule has 1 N–H and O–H groups in total. The van der Waals surface area contributed by atoms with Crippen molar-refractivity contribution in [3.63, 3.8) is 0 Å². The van der Waals surface area contributed by atoms with E-state index < -0.39 is 0 Å². The van der Waals surface area contributed by atoms with Crippen molar-refractivity contribution in [2.75, 3.05) is 38.0 Å². The Bertz CT molecular complexity index is 1080. The number of nitrogens with zero attached hydrogens (tertiary/aromatic N) is 2. The third-order valence-electron chi connectivity index (χ3n) is 5.47. The lowest BCUT2D eigenvalue weighted by Crippen LogP contribution is -2.36. The number of carbonyl (C=O) groups excluding carboxylic acids is 1. The van der Waals surface area contributed by atoms with Gasteiger partial charge in [-0.25, -0.2) is 0 Å². The number of benzene rings is 2. The maximum Gasteiger partial charge on any atom is 0.253 e. The van der Waals surface area contributed by atoms with Crippen LogP contribution in [-0.2, 0) is 11.3 Å². The summed E-state index contributed by atoms with van der Waals surface area (Å²) >= 11 is 0. The maximum atomic E-state index is 12.7. The van der Waals surface area contributed by atoms with Crippen LogP contribution in [0, 0.1) is 0 Å². The van der Waals surface area contributed by atoms with Crippen molar-refractivity contribution < 1.29 is 19.0 Å². The third kappa shape index (κ3) is 4.68. The molecule has 5 rings (SSSR count). The Morgan fingerprint density at radius 2 is 1.72 bits per heavy atom. The zero-order valence-corrected chi connectivity index (χ0v) is 17.0. The average Bonchev–Trinajstić information content (AvgIpc) is 3.31. The molecule has 1 aromatic heterocycles. The van der Waals surface area contributed by atoms with Crippen molar-refractivity contribution in [2.45, 2.75) is 14.0 Å². The lowest BCUT2D eigenvalue weighted by molar-refractivity contribution is 0.0950. The van der Waals surface area contributed by atoms with Crippen molar-refractivity contribution in [2.24, 2.45) is 0 Å². The van der Waals surface area contributed by atoms with Gasteiger partial charge in [0, 0.05) is 43.3 Å². The Morgan fingerprint density at radius 3 is 2.53 bits per heavy atom. The van der Waals surface area contributed by atoms with Crippen molar-refractivity contribution in [3.8, 4) is 22.6 Å². The van der Waals surface area contributed by atoms with Gasteiger partial charge in [-0.15, -0.1) is 0 Å². The molecule has 7 heteroatoms.